The van der Waals surface area contributed by atoms with E-state index in [0.29, 0.717) is 0 Å². The topological polar surface area (TPSA) is 30.7 Å². The molecule has 0 aliphatic rings. The zero-order valence-corrected chi connectivity index (χ0v) is 8.92. The largest absolute Gasteiger partial charge is 0.223 e. The molecule has 0 fully saturated rings. The summed E-state index contributed by atoms with van der Waals surface area (Å²) in [6, 6.07) is 8.04. The molecule has 70 valence electrons. The van der Waals surface area contributed by atoms with Gasteiger partial charge in [0, 0.05) is 0 Å². The lowest BCUT2D eigenvalue weighted by atomic mass is 10.2. The Hall–Kier alpha value is -1.42. The summed E-state index contributed by atoms with van der Waals surface area (Å²) in [5.74, 6) is 0. The molecular weight excluding hydrogens is 242 g/mol. The van der Waals surface area contributed by atoms with Gasteiger partial charge in [-0.1, -0.05) is 28.1 Å². The third kappa shape index (κ3) is 1.90. The molecule has 0 N–H and O–H groups in total. The zero-order valence-electron chi connectivity index (χ0n) is 7.34. The van der Waals surface area contributed by atoms with Gasteiger partial charge in [-0.15, -0.1) is 0 Å². The molecule has 1 heterocycles. The van der Waals surface area contributed by atoms with Gasteiger partial charge in [-0.3, -0.25) is 0 Å². The Morgan fingerprint density at radius 3 is 2.57 bits per heavy atom. The number of rotatable bonds is 2. The molecule has 0 aliphatic carbocycles. The van der Waals surface area contributed by atoms with E-state index in [1.165, 1.54) is 6.33 Å². The summed E-state index contributed by atoms with van der Waals surface area (Å²) < 4.78 is 1.72. The van der Waals surface area contributed by atoms with Crippen molar-refractivity contribution in [1.82, 2.24) is 14.8 Å². The van der Waals surface area contributed by atoms with Crippen LogP contribution in [0.25, 0.3) is 11.8 Å². The van der Waals surface area contributed by atoms with E-state index in [0.717, 1.165) is 11.3 Å². The molecule has 3 nitrogen and oxygen atoms in total. The van der Waals surface area contributed by atoms with Gasteiger partial charge in [0.2, 0.25) is 0 Å². The molecule has 2 aromatic rings. The zero-order chi connectivity index (χ0) is 9.80. The highest BCUT2D eigenvalue weighted by Crippen LogP contribution is 2.09. The minimum Gasteiger partial charge on any atom is -0.223 e. The van der Waals surface area contributed by atoms with E-state index in [-0.39, 0.29) is 0 Å². The van der Waals surface area contributed by atoms with E-state index in [4.69, 9.17) is 0 Å². The maximum absolute atomic E-state index is 4.04. The quantitative estimate of drug-likeness (QED) is 0.820. The second-order valence-corrected chi connectivity index (χ2v) is 3.25. The predicted octanol–water partition coefficient (Wildman–Crippen LogP) is 2.63. The molecule has 0 saturated carbocycles. The first-order valence-electron chi connectivity index (χ1n) is 4.12. The molecule has 0 unspecified atom stereocenters. The van der Waals surface area contributed by atoms with Crippen molar-refractivity contribution in [2.75, 3.05) is 0 Å². The Balaban J connectivity index is 2.31. The highest BCUT2D eigenvalue weighted by molar-refractivity contribution is 9.11. The van der Waals surface area contributed by atoms with Crippen molar-refractivity contribution in [3.05, 3.63) is 47.5 Å². The van der Waals surface area contributed by atoms with Crippen LogP contribution in [0.2, 0.25) is 0 Å². The summed E-state index contributed by atoms with van der Waals surface area (Å²) >= 11 is 3.24. The molecule has 0 bridgehead atoms. The third-order valence-corrected chi connectivity index (χ3v) is 2.10. The van der Waals surface area contributed by atoms with Crippen molar-refractivity contribution < 1.29 is 0 Å². The maximum atomic E-state index is 4.04. The van der Waals surface area contributed by atoms with Crippen molar-refractivity contribution in [1.29, 1.82) is 0 Å². The van der Waals surface area contributed by atoms with Crippen LogP contribution in [0.4, 0.5) is 0 Å². The molecule has 1 aromatic carbocycles. The summed E-state index contributed by atoms with van der Waals surface area (Å²) in [4.78, 5) is 5.72. The van der Waals surface area contributed by atoms with Crippen LogP contribution in [-0.2, 0) is 0 Å². The minimum atomic E-state index is 1.01. The van der Waals surface area contributed by atoms with Crippen molar-refractivity contribution in [2.45, 2.75) is 0 Å². The Bertz CT molecular complexity index is 417. The smallest absolute Gasteiger partial charge is 0.138 e. The van der Waals surface area contributed by atoms with Crippen LogP contribution in [0.3, 0.4) is 0 Å². The second kappa shape index (κ2) is 4.19. The molecule has 2 rings (SSSR count). The van der Waals surface area contributed by atoms with Crippen LogP contribution in [0.5, 0.6) is 0 Å². The van der Waals surface area contributed by atoms with Crippen molar-refractivity contribution >= 4 is 22.0 Å². The second-order valence-electron chi connectivity index (χ2n) is 2.72. The summed E-state index contributed by atoms with van der Waals surface area (Å²) in [5.41, 5.74) is 2.15. The molecule has 0 aliphatic heterocycles. The highest BCUT2D eigenvalue weighted by Gasteiger charge is 1.94. The van der Waals surface area contributed by atoms with Crippen LogP contribution >= 0.6 is 15.9 Å². The normalized spacial score (nSPS) is 10.9. The highest BCUT2D eigenvalue weighted by atomic mass is 79.9. The van der Waals surface area contributed by atoms with Gasteiger partial charge in [-0.25, -0.2) is 9.67 Å². The maximum Gasteiger partial charge on any atom is 0.138 e. The van der Waals surface area contributed by atoms with Gasteiger partial charge in [0.25, 0.3) is 0 Å². The van der Waals surface area contributed by atoms with Gasteiger partial charge in [0.15, 0.2) is 0 Å². The number of hydrogen-bond acceptors (Lipinski definition) is 2. The first-order chi connectivity index (χ1) is 6.90. The lowest BCUT2D eigenvalue weighted by Crippen LogP contribution is -1.93. The lowest BCUT2D eigenvalue weighted by Gasteiger charge is -1.99. The van der Waals surface area contributed by atoms with Crippen LogP contribution in [0.1, 0.15) is 5.56 Å². The molecule has 0 radical (unpaired) electrons. The lowest BCUT2D eigenvalue weighted by molar-refractivity contribution is 0.879. The molecule has 0 atom stereocenters. The fraction of sp³-hybridized carbons (Fsp3) is 0. The van der Waals surface area contributed by atoms with E-state index in [2.05, 4.69) is 26.0 Å². The number of aromatic nitrogens is 3. The fourth-order valence-corrected chi connectivity index (χ4v) is 1.46. The molecule has 0 saturated heterocycles. The SMILES string of the molecule is Br/C=C/c1ccc(-n2cncn2)cc1. The molecule has 1 aromatic heterocycles. The Morgan fingerprint density at radius 1 is 1.21 bits per heavy atom. The van der Waals surface area contributed by atoms with Gasteiger partial charge in [-0.2, -0.15) is 5.10 Å². The van der Waals surface area contributed by atoms with E-state index in [9.17, 15) is 0 Å². The molecule has 0 amide bonds. The number of halogens is 1. The van der Waals surface area contributed by atoms with E-state index >= 15 is 0 Å². The van der Waals surface area contributed by atoms with Crippen LogP contribution in [-0.4, -0.2) is 14.8 Å². The number of nitrogens with zero attached hydrogens (tertiary/aromatic N) is 3. The Morgan fingerprint density at radius 2 is 2.00 bits per heavy atom. The van der Waals surface area contributed by atoms with E-state index in [1.54, 1.807) is 11.0 Å². The average Bonchev–Trinajstić information content (AvgIpc) is 2.72. The van der Waals surface area contributed by atoms with Crippen LogP contribution in [0, 0.1) is 0 Å². The first-order valence-corrected chi connectivity index (χ1v) is 5.03. The summed E-state index contributed by atoms with van der Waals surface area (Å²) in [7, 11) is 0. The van der Waals surface area contributed by atoms with Gasteiger partial charge in [-0.05, 0) is 28.8 Å². The number of hydrogen-bond donors (Lipinski definition) is 0. The van der Waals surface area contributed by atoms with Crippen molar-refractivity contribution in [2.24, 2.45) is 0 Å². The standard InChI is InChI=1S/C10H8BrN3/c11-6-5-9-1-3-10(4-2-9)14-8-12-7-13-14/h1-8H/b6-5+. The predicted molar refractivity (Wildman–Crippen MR) is 59.3 cm³/mol. The Kier molecular flexibility index (Phi) is 2.74. The van der Waals surface area contributed by atoms with Crippen LogP contribution in [0.15, 0.2) is 41.9 Å². The average molecular weight is 250 g/mol. The van der Waals surface area contributed by atoms with Gasteiger partial charge >= 0.3 is 0 Å². The van der Waals surface area contributed by atoms with Crippen LogP contribution < -0.4 is 0 Å². The first kappa shape index (κ1) is 9.15. The summed E-state index contributed by atoms with van der Waals surface area (Å²) in [6.07, 6.45) is 5.17. The van der Waals surface area contributed by atoms with Gasteiger partial charge < -0.3 is 0 Å². The molecular formula is C10H8BrN3. The molecule has 14 heavy (non-hydrogen) atoms. The third-order valence-electron chi connectivity index (χ3n) is 1.83. The minimum absolute atomic E-state index is 1.01. The molecule has 0 spiro atoms. The van der Waals surface area contributed by atoms with Gasteiger partial charge in [0.1, 0.15) is 12.7 Å². The summed E-state index contributed by atoms with van der Waals surface area (Å²) in [6.45, 7) is 0. The van der Waals surface area contributed by atoms with Crippen molar-refractivity contribution in [3.8, 4) is 5.69 Å². The summed E-state index contributed by atoms with van der Waals surface area (Å²) in [5, 5.41) is 4.04. The van der Waals surface area contributed by atoms with E-state index < -0.39 is 0 Å². The van der Waals surface area contributed by atoms with E-state index in [1.807, 2.05) is 35.3 Å². The molecule has 4 heteroatoms. The van der Waals surface area contributed by atoms with Crippen molar-refractivity contribution in [3.63, 3.8) is 0 Å². The Labute approximate surface area is 90.2 Å². The fourth-order valence-electron chi connectivity index (χ4n) is 1.15. The monoisotopic (exact) mass is 249 g/mol. The van der Waals surface area contributed by atoms with Gasteiger partial charge in [0.05, 0.1) is 5.69 Å². The number of benzene rings is 1.